The summed E-state index contributed by atoms with van der Waals surface area (Å²) in [4.78, 5) is 5.52. The van der Waals surface area contributed by atoms with Crippen LogP contribution in [0.3, 0.4) is 0 Å². The number of nitrogens with zero attached hydrogens (tertiary/aromatic N) is 1. The van der Waals surface area contributed by atoms with E-state index in [2.05, 4.69) is 25.8 Å². The molecule has 0 aromatic carbocycles. The van der Waals surface area contributed by atoms with Crippen LogP contribution in [0.4, 0.5) is 0 Å². The minimum Gasteiger partial charge on any atom is -0.493 e. The second-order valence-electron chi connectivity index (χ2n) is 8.18. The Balaban J connectivity index is 1.74. The molecule has 1 saturated carbocycles. The molecule has 0 saturated heterocycles. The van der Waals surface area contributed by atoms with Crippen molar-refractivity contribution >= 4 is 0 Å². The van der Waals surface area contributed by atoms with E-state index in [0.29, 0.717) is 18.3 Å². The van der Waals surface area contributed by atoms with Gasteiger partial charge in [-0.25, -0.2) is 0 Å². The van der Waals surface area contributed by atoms with Crippen LogP contribution in [0.25, 0.3) is 0 Å². The van der Waals surface area contributed by atoms with Gasteiger partial charge in [0.1, 0.15) is 6.10 Å². The Morgan fingerprint density at radius 1 is 1.50 bits per heavy atom. The maximum atomic E-state index is 10.3. The Morgan fingerprint density at radius 2 is 2.33 bits per heavy atom. The van der Waals surface area contributed by atoms with Gasteiger partial charge >= 0.3 is 0 Å². The molecule has 4 rings (SSSR count). The van der Waals surface area contributed by atoms with Gasteiger partial charge in [-0.2, -0.15) is 0 Å². The van der Waals surface area contributed by atoms with E-state index in [9.17, 15) is 5.11 Å². The molecule has 4 nitrogen and oxygen atoms in total. The molecule has 0 aromatic rings. The Labute approximate surface area is 144 Å². The minimum absolute atomic E-state index is 0.00815. The number of hydrogen-bond acceptors (Lipinski definition) is 4. The number of aliphatic hydroxyl groups is 1. The lowest BCUT2D eigenvalue weighted by Crippen LogP contribution is -2.41. The summed E-state index contributed by atoms with van der Waals surface area (Å²) in [6.45, 7) is 7.06. The first kappa shape index (κ1) is 16.2. The maximum absolute atomic E-state index is 10.3. The fourth-order valence-electron chi connectivity index (χ4n) is 5.54. The van der Waals surface area contributed by atoms with Crippen molar-refractivity contribution in [2.24, 2.45) is 17.3 Å². The van der Waals surface area contributed by atoms with Crippen LogP contribution in [0.2, 0.25) is 0 Å². The summed E-state index contributed by atoms with van der Waals surface area (Å²) in [5.41, 5.74) is 2.72. The number of ether oxygens (including phenoxy) is 1. The molecule has 1 spiro atoms. The second-order valence-corrected chi connectivity index (χ2v) is 8.18. The van der Waals surface area contributed by atoms with Gasteiger partial charge in [-0.05, 0) is 50.5 Å². The smallest absolute Gasteiger partial charge is 0.111 e. The first-order valence-corrected chi connectivity index (χ1v) is 9.24. The summed E-state index contributed by atoms with van der Waals surface area (Å²) in [6, 6.07) is 0. The van der Waals surface area contributed by atoms with E-state index in [1.54, 1.807) is 7.11 Å². The average Bonchev–Trinajstić information content (AvgIpc) is 2.74. The van der Waals surface area contributed by atoms with Crippen molar-refractivity contribution in [3.8, 4) is 0 Å². The molecule has 0 aromatic heterocycles. The number of hydroxylamine groups is 2. The summed E-state index contributed by atoms with van der Waals surface area (Å²) in [5.74, 6) is 2.05. The van der Waals surface area contributed by atoms with Crippen LogP contribution in [0, 0.1) is 17.3 Å². The van der Waals surface area contributed by atoms with Crippen molar-refractivity contribution in [2.75, 3.05) is 13.7 Å². The Kier molecular flexibility index (Phi) is 4.00. The lowest BCUT2D eigenvalue weighted by Gasteiger charge is -2.42. The zero-order chi connectivity index (χ0) is 16.9. The van der Waals surface area contributed by atoms with Crippen molar-refractivity contribution in [2.45, 2.75) is 57.7 Å². The largest absolute Gasteiger partial charge is 0.493 e. The van der Waals surface area contributed by atoms with Crippen molar-refractivity contribution in [3.63, 3.8) is 0 Å². The van der Waals surface area contributed by atoms with Crippen LogP contribution in [0.15, 0.2) is 35.8 Å². The van der Waals surface area contributed by atoms with Gasteiger partial charge in [-0.1, -0.05) is 11.6 Å². The first-order valence-electron chi connectivity index (χ1n) is 9.24. The van der Waals surface area contributed by atoms with E-state index in [1.807, 2.05) is 5.06 Å². The molecule has 0 bridgehead atoms. The van der Waals surface area contributed by atoms with E-state index in [-0.39, 0.29) is 17.6 Å². The molecule has 132 valence electrons. The SMILES string of the molecule is C=C(C)CC1CC[C@@H]2OC3=C4[C@H](C[C@H](O)C3)CN(OC)C=CC42C1. The molecule has 24 heavy (non-hydrogen) atoms. The minimum atomic E-state index is -0.297. The van der Waals surface area contributed by atoms with Gasteiger partial charge in [-0.15, -0.1) is 6.58 Å². The molecule has 0 radical (unpaired) electrons. The van der Waals surface area contributed by atoms with Gasteiger partial charge in [0, 0.05) is 18.5 Å². The summed E-state index contributed by atoms with van der Waals surface area (Å²) in [6.07, 6.45) is 10.4. The highest BCUT2D eigenvalue weighted by Crippen LogP contribution is 2.59. The normalized spacial score (nSPS) is 40.7. The Hall–Kier alpha value is -1.26. The van der Waals surface area contributed by atoms with Gasteiger partial charge in [0.15, 0.2) is 0 Å². The molecule has 2 unspecified atom stereocenters. The third-order valence-electron chi connectivity index (χ3n) is 6.32. The van der Waals surface area contributed by atoms with Crippen molar-refractivity contribution in [1.82, 2.24) is 5.06 Å². The molecule has 4 heteroatoms. The van der Waals surface area contributed by atoms with Gasteiger partial charge in [0.2, 0.25) is 0 Å². The predicted molar refractivity (Wildman–Crippen MR) is 92.7 cm³/mol. The highest BCUT2D eigenvalue weighted by Gasteiger charge is 2.56. The number of hydrogen-bond donors (Lipinski definition) is 1. The monoisotopic (exact) mass is 331 g/mol. The topological polar surface area (TPSA) is 41.9 Å². The van der Waals surface area contributed by atoms with E-state index in [1.165, 1.54) is 17.6 Å². The van der Waals surface area contributed by atoms with Crippen LogP contribution in [-0.4, -0.2) is 36.0 Å². The van der Waals surface area contributed by atoms with Gasteiger partial charge < -0.3 is 9.84 Å². The summed E-state index contributed by atoms with van der Waals surface area (Å²) < 4.78 is 6.41. The lowest BCUT2D eigenvalue weighted by molar-refractivity contribution is -0.0967. The van der Waals surface area contributed by atoms with E-state index in [0.717, 1.165) is 38.0 Å². The highest BCUT2D eigenvalue weighted by atomic mass is 16.7. The zero-order valence-corrected chi connectivity index (χ0v) is 14.8. The van der Waals surface area contributed by atoms with E-state index in [4.69, 9.17) is 9.57 Å². The fourth-order valence-corrected chi connectivity index (χ4v) is 5.54. The van der Waals surface area contributed by atoms with Crippen molar-refractivity contribution in [1.29, 1.82) is 0 Å². The zero-order valence-electron chi connectivity index (χ0n) is 14.8. The summed E-state index contributed by atoms with van der Waals surface area (Å²) in [5, 5.41) is 12.2. The summed E-state index contributed by atoms with van der Waals surface area (Å²) in [7, 11) is 1.72. The van der Waals surface area contributed by atoms with Crippen LogP contribution < -0.4 is 0 Å². The van der Waals surface area contributed by atoms with E-state index < -0.39 is 0 Å². The van der Waals surface area contributed by atoms with Crippen molar-refractivity contribution < 1.29 is 14.7 Å². The second kappa shape index (κ2) is 5.92. The molecular formula is C20H29NO3. The highest BCUT2D eigenvalue weighted by molar-refractivity contribution is 5.38. The summed E-state index contributed by atoms with van der Waals surface area (Å²) >= 11 is 0. The average molecular weight is 331 g/mol. The molecule has 2 heterocycles. The molecule has 4 aliphatic rings. The third kappa shape index (κ3) is 2.51. The predicted octanol–water partition coefficient (Wildman–Crippen LogP) is 3.55. The molecular weight excluding hydrogens is 302 g/mol. The van der Waals surface area contributed by atoms with Gasteiger partial charge in [-0.3, -0.25) is 9.90 Å². The quantitative estimate of drug-likeness (QED) is 0.803. The molecule has 1 N–H and O–H groups in total. The standard InChI is InChI=1S/C20H29NO3/c1-13(2)8-14-4-5-18-20(11-14)6-7-21(23-3)12-15-9-16(22)10-17(24-18)19(15)20/h6-7,14-16,18,22H,1,4-5,8-12H2,2-3H3/t14?,15-,16+,18+,20?/m1/s1. The van der Waals surface area contributed by atoms with Crippen LogP contribution in [0.5, 0.6) is 0 Å². The van der Waals surface area contributed by atoms with Crippen LogP contribution >= 0.6 is 0 Å². The number of aliphatic hydroxyl groups excluding tert-OH is 1. The molecule has 2 aliphatic carbocycles. The Morgan fingerprint density at radius 3 is 3.08 bits per heavy atom. The number of rotatable bonds is 3. The van der Waals surface area contributed by atoms with Gasteiger partial charge in [0.25, 0.3) is 0 Å². The van der Waals surface area contributed by atoms with E-state index >= 15 is 0 Å². The van der Waals surface area contributed by atoms with Crippen LogP contribution in [-0.2, 0) is 9.57 Å². The Bertz CT molecular complexity index is 596. The van der Waals surface area contributed by atoms with Crippen molar-refractivity contribution in [3.05, 3.63) is 35.8 Å². The lowest BCUT2D eigenvalue weighted by atomic mass is 9.60. The molecule has 2 aliphatic heterocycles. The van der Waals surface area contributed by atoms with Crippen LogP contribution in [0.1, 0.15) is 45.4 Å². The number of allylic oxidation sites excluding steroid dienone is 1. The third-order valence-corrected chi connectivity index (χ3v) is 6.32. The maximum Gasteiger partial charge on any atom is 0.111 e. The molecule has 0 amide bonds. The first-order chi connectivity index (χ1) is 11.5. The molecule has 1 fully saturated rings. The molecule has 5 atom stereocenters. The van der Waals surface area contributed by atoms with Gasteiger partial charge in [0.05, 0.1) is 30.9 Å². The fraction of sp³-hybridized carbons (Fsp3) is 0.700.